The highest BCUT2D eigenvalue weighted by Crippen LogP contribution is 2.13. The van der Waals surface area contributed by atoms with Crippen LogP contribution in [0.5, 0.6) is 0 Å². The summed E-state index contributed by atoms with van der Waals surface area (Å²) >= 11 is 0. The van der Waals surface area contributed by atoms with E-state index in [0.29, 0.717) is 19.8 Å². The van der Waals surface area contributed by atoms with Crippen molar-refractivity contribution in [3.8, 4) is 0 Å². The molecule has 6 nitrogen and oxygen atoms in total. The first kappa shape index (κ1) is 23.1. The highest BCUT2D eigenvalue weighted by atomic mass is 127. The van der Waals surface area contributed by atoms with Crippen molar-refractivity contribution >= 4 is 29.9 Å². The molecule has 1 heterocycles. The number of hydrogen-bond acceptors (Lipinski definition) is 4. The molecule has 2 rings (SSSR count). The van der Waals surface area contributed by atoms with Gasteiger partial charge in [0.25, 0.3) is 0 Å². The van der Waals surface area contributed by atoms with Crippen LogP contribution >= 0.6 is 24.0 Å². The minimum Gasteiger partial charge on any atom is -0.382 e. The maximum Gasteiger partial charge on any atom is 0.191 e. The van der Waals surface area contributed by atoms with Gasteiger partial charge in [0.1, 0.15) is 0 Å². The van der Waals surface area contributed by atoms with Crippen LogP contribution in [-0.2, 0) is 22.6 Å². The summed E-state index contributed by atoms with van der Waals surface area (Å²) in [5, 5.41) is 6.57. The summed E-state index contributed by atoms with van der Waals surface area (Å²) in [6.07, 6.45) is 2.68. The Balaban J connectivity index is 0.00000338. The molecular weight excluding hydrogens is 443 g/mol. The van der Waals surface area contributed by atoms with Crippen LogP contribution in [0.2, 0.25) is 0 Å². The lowest BCUT2D eigenvalue weighted by molar-refractivity contribution is 0.0733. The number of nitrogens with one attached hydrogen (secondary N) is 2. The molecule has 0 amide bonds. The Labute approximate surface area is 174 Å². The Morgan fingerprint density at radius 1 is 1.04 bits per heavy atom. The predicted octanol–water partition coefficient (Wildman–Crippen LogP) is 2.23. The van der Waals surface area contributed by atoms with Gasteiger partial charge in [0, 0.05) is 33.8 Å². The van der Waals surface area contributed by atoms with Crippen molar-refractivity contribution in [1.29, 1.82) is 0 Å². The lowest BCUT2D eigenvalue weighted by Gasteiger charge is -2.15. The second-order valence-corrected chi connectivity index (χ2v) is 6.26. The van der Waals surface area contributed by atoms with Crippen LogP contribution in [0.25, 0.3) is 0 Å². The van der Waals surface area contributed by atoms with Crippen LogP contribution in [0.4, 0.5) is 0 Å². The number of benzene rings is 1. The van der Waals surface area contributed by atoms with Crippen molar-refractivity contribution in [2.45, 2.75) is 25.9 Å². The molecule has 1 aliphatic heterocycles. The quantitative estimate of drug-likeness (QED) is 0.235. The van der Waals surface area contributed by atoms with Crippen LogP contribution in [0, 0.1) is 0 Å². The van der Waals surface area contributed by atoms with Crippen LogP contribution in [0.1, 0.15) is 24.0 Å². The van der Waals surface area contributed by atoms with Gasteiger partial charge in [-0.1, -0.05) is 24.3 Å². The van der Waals surface area contributed by atoms with E-state index in [9.17, 15) is 0 Å². The molecule has 26 heavy (non-hydrogen) atoms. The number of hydrogen-bond donors (Lipinski definition) is 2. The van der Waals surface area contributed by atoms with Gasteiger partial charge in [-0.25, -0.2) is 0 Å². The topological polar surface area (TPSA) is 58.1 Å². The Kier molecular flexibility index (Phi) is 12.6. The average Bonchev–Trinajstić information content (AvgIpc) is 3.15. The average molecular weight is 476 g/mol. The smallest absolute Gasteiger partial charge is 0.191 e. The minimum atomic E-state index is 0. The van der Waals surface area contributed by atoms with Crippen molar-refractivity contribution in [3.63, 3.8) is 0 Å². The molecule has 0 bridgehead atoms. The summed E-state index contributed by atoms with van der Waals surface area (Å²) in [4.78, 5) is 6.75. The van der Waals surface area contributed by atoms with Crippen LogP contribution in [0.3, 0.4) is 0 Å². The van der Waals surface area contributed by atoms with Gasteiger partial charge in [-0.3, -0.25) is 9.89 Å². The van der Waals surface area contributed by atoms with Gasteiger partial charge in [-0.05, 0) is 37.1 Å². The van der Waals surface area contributed by atoms with E-state index in [2.05, 4.69) is 44.8 Å². The molecule has 0 aromatic heterocycles. The molecular formula is C19H33IN4O2. The Bertz CT molecular complexity index is 505. The van der Waals surface area contributed by atoms with Crippen molar-refractivity contribution in [3.05, 3.63) is 35.4 Å². The fourth-order valence-electron chi connectivity index (χ4n) is 2.85. The van der Waals surface area contributed by atoms with Gasteiger partial charge >= 0.3 is 0 Å². The van der Waals surface area contributed by atoms with Crippen molar-refractivity contribution < 1.29 is 9.47 Å². The van der Waals surface area contributed by atoms with E-state index in [1.165, 1.54) is 37.1 Å². The Morgan fingerprint density at radius 3 is 2.38 bits per heavy atom. The number of halogens is 1. The van der Waals surface area contributed by atoms with E-state index < -0.39 is 0 Å². The fourth-order valence-corrected chi connectivity index (χ4v) is 2.85. The van der Waals surface area contributed by atoms with E-state index in [1.54, 1.807) is 14.2 Å². The van der Waals surface area contributed by atoms with E-state index in [-0.39, 0.29) is 24.0 Å². The highest BCUT2D eigenvalue weighted by molar-refractivity contribution is 14.0. The summed E-state index contributed by atoms with van der Waals surface area (Å²) in [6, 6.07) is 8.85. The largest absolute Gasteiger partial charge is 0.382 e. The summed E-state index contributed by atoms with van der Waals surface area (Å²) in [7, 11) is 3.45. The maximum atomic E-state index is 5.43. The predicted molar refractivity (Wildman–Crippen MR) is 117 cm³/mol. The zero-order valence-corrected chi connectivity index (χ0v) is 18.3. The lowest BCUT2D eigenvalue weighted by atomic mass is 10.1. The third-order valence-corrected chi connectivity index (χ3v) is 4.28. The number of guanidine groups is 1. The SMILES string of the molecule is CN=C(NCCOCCOC)NCc1ccc(CN2CCCC2)cc1.I. The normalized spacial score (nSPS) is 14.9. The number of methoxy groups -OCH3 is 1. The van der Waals surface area contributed by atoms with Gasteiger partial charge < -0.3 is 20.1 Å². The second-order valence-electron chi connectivity index (χ2n) is 6.26. The molecule has 1 aromatic carbocycles. The molecule has 1 fully saturated rings. The molecule has 148 valence electrons. The number of rotatable bonds is 10. The van der Waals surface area contributed by atoms with Crippen molar-refractivity contribution in [1.82, 2.24) is 15.5 Å². The van der Waals surface area contributed by atoms with Crippen molar-refractivity contribution in [2.24, 2.45) is 4.99 Å². The second kappa shape index (κ2) is 14.2. The molecule has 0 spiro atoms. The summed E-state index contributed by atoms with van der Waals surface area (Å²) in [6.45, 7) is 6.90. The first-order chi connectivity index (χ1) is 12.3. The standard InChI is InChI=1S/C19H32N4O2.HI/c1-20-19(21-9-12-25-14-13-24-2)22-15-17-5-7-18(8-6-17)16-23-10-3-4-11-23;/h5-8H,3-4,9-16H2,1-2H3,(H2,20,21,22);1H. The highest BCUT2D eigenvalue weighted by Gasteiger charge is 2.11. The summed E-state index contributed by atoms with van der Waals surface area (Å²) in [5.74, 6) is 0.788. The summed E-state index contributed by atoms with van der Waals surface area (Å²) in [5.41, 5.74) is 2.64. The molecule has 0 saturated carbocycles. The van der Waals surface area contributed by atoms with Crippen LogP contribution in [0.15, 0.2) is 29.3 Å². The number of nitrogens with zero attached hydrogens (tertiary/aromatic N) is 2. The first-order valence-corrected chi connectivity index (χ1v) is 9.13. The van der Waals surface area contributed by atoms with E-state index >= 15 is 0 Å². The first-order valence-electron chi connectivity index (χ1n) is 9.13. The van der Waals surface area contributed by atoms with E-state index in [4.69, 9.17) is 9.47 Å². The number of ether oxygens (including phenoxy) is 2. The molecule has 0 unspecified atom stereocenters. The molecule has 7 heteroatoms. The number of likely N-dealkylation sites (tertiary alicyclic amines) is 1. The van der Waals surface area contributed by atoms with Crippen molar-refractivity contribution in [2.75, 3.05) is 53.6 Å². The number of aliphatic imine (C=N–C) groups is 1. The fraction of sp³-hybridized carbons (Fsp3) is 0.632. The molecule has 1 aromatic rings. The lowest BCUT2D eigenvalue weighted by Crippen LogP contribution is -2.38. The Hall–Kier alpha value is -0.900. The van der Waals surface area contributed by atoms with Gasteiger partial charge in [0.05, 0.1) is 19.8 Å². The molecule has 0 atom stereocenters. The van der Waals surface area contributed by atoms with E-state index in [0.717, 1.165) is 25.6 Å². The molecule has 0 aliphatic carbocycles. The van der Waals surface area contributed by atoms with Gasteiger partial charge in [0.15, 0.2) is 5.96 Å². The summed E-state index contributed by atoms with van der Waals surface area (Å²) < 4.78 is 10.4. The van der Waals surface area contributed by atoms with Gasteiger partial charge in [-0.15, -0.1) is 24.0 Å². The van der Waals surface area contributed by atoms with E-state index in [1.807, 2.05) is 0 Å². The molecule has 1 saturated heterocycles. The monoisotopic (exact) mass is 476 g/mol. The third-order valence-electron chi connectivity index (χ3n) is 4.28. The zero-order chi connectivity index (χ0) is 17.7. The van der Waals surface area contributed by atoms with Crippen LogP contribution in [-0.4, -0.2) is 64.5 Å². The third kappa shape index (κ3) is 9.16. The van der Waals surface area contributed by atoms with Gasteiger partial charge in [0.2, 0.25) is 0 Å². The zero-order valence-electron chi connectivity index (χ0n) is 16.0. The molecule has 1 aliphatic rings. The minimum absolute atomic E-state index is 0. The van der Waals surface area contributed by atoms with Crippen LogP contribution < -0.4 is 10.6 Å². The molecule has 2 N–H and O–H groups in total. The van der Waals surface area contributed by atoms with Gasteiger partial charge in [-0.2, -0.15) is 0 Å². The molecule has 0 radical (unpaired) electrons. The Morgan fingerprint density at radius 2 is 1.73 bits per heavy atom. The maximum absolute atomic E-state index is 5.43.